The number of benzene rings is 1. The van der Waals surface area contributed by atoms with E-state index in [-0.39, 0.29) is 22.4 Å². The van der Waals surface area contributed by atoms with Gasteiger partial charge in [-0.2, -0.15) is 13.2 Å². The molecule has 0 spiro atoms. The summed E-state index contributed by atoms with van der Waals surface area (Å²) in [5.41, 5.74) is -0.602. The van der Waals surface area contributed by atoms with Gasteiger partial charge < -0.3 is 10.2 Å². The predicted octanol–water partition coefficient (Wildman–Crippen LogP) is 5.12. The fourth-order valence-electron chi connectivity index (χ4n) is 2.87. The molecule has 4 nitrogen and oxygen atoms in total. The number of hydrogen-bond acceptors (Lipinski definition) is 3. The van der Waals surface area contributed by atoms with Crippen LogP contribution in [0, 0.1) is 0 Å². The summed E-state index contributed by atoms with van der Waals surface area (Å²) in [6.07, 6.45) is -0.0848. The van der Waals surface area contributed by atoms with Crippen LogP contribution in [0.5, 0.6) is 0 Å². The Morgan fingerprint density at radius 2 is 1.85 bits per heavy atom. The molecule has 1 aliphatic heterocycles. The van der Waals surface area contributed by atoms with E-state index in [1.165, 1.54) is 24.4 Å². The highest BCUT2D eigenvalue weighted by atomic mass is 35.5. The number of nitrogens with zero attached hydrogens (tertiary/aromatic N) is 2. The van der Waals surface area contributed by atoms with E-state index < -0.39 is 11.7 Å². The van der Waals surface area contributed by atoms with Crippen LogP contribution in [-0.2, 0) is 6.18 Å². The molecule has 8 heteroatoms. The van der Waals surface area contributed by atoms with Gasteiger partial charge in [-0.15, -0.1) is 0 Å². The molecular weight excluding hydrogens is 367 g/mol. The fraction of sp³-hybridized carbons (Fsp3) is 0.333. The minimum Gasteiger partial charge on any atom is -0.340 e. The van der Waals surface area contributed by atoms with E-state index in [0.29, 0.717) is 5.56 Å². The van der Waals surface area contributed by atoms with Crippen LogP contribution in [0.4, 0.5) is 24.7 Å². The monoisotopic (exact) mass is 383 g/mol. The summed E-state index contributed by atoms with van der Waals surface area (Å²) in [6.45, 7) is 1.44. The molecule has 1 saturated heterocycles. The highest BCUT2D eigenvalue weighted by Crippen LogP contribution is 2.37. The third kappa shape index (κ3) is 4.27. The zero-order chi connectivity index (χ0) is 18.7. The molecule has 0 radical (unpaired) electrons. The first kappa shape index (κ1) is 18.5. The quantitative estimate of drug-likeness (QED) is 0.799. The summed E-state index contributed by atoms with van der Waals surface area (Å²) in [5, 5.41) is 2.64. The molecule has 26 heavy (non-hydrogen) atoms. The third-order valence-electron chi connectivity index (χ3n) is 4.20. The Kier molecular flexibility index (Phi) is 5.36. The van der Waals surface area contributed by atoms with Crippen LogP contribution in [0.2, 0.25) is 5.02 Å². The number of halogens is 4. The molecule has 1 N–H and O–H groups in total. The highest BCUT2D eigenvalue weighted by Gasteiger charge is 2.34. The Hall–Kier alpha value is -2.28. The van der Waals surface area contributed by atoms with Crippen molar-refractivity contribution < 1.29 is 18.0 Å². The molecule has 1 aromatic heterocycles. The van der Waals surface area contributed by atoms with Gasteiger partial charge in [-0.3, -0.25) is 4.79 Å². The molecule has 1 aromatic carbocycles. The first-order valence-corrected chi connectivity index (χ1v) is 8.61. The van der Waals surface area contributed by atoms with Gasteiger partial charge in [0, 0.05) is 24.3 Å². The molecule has 1 fully saturated rings. The second kappa shape index (κ2) is 7.53. The van der Waals surface area contributed by atoms with Crippen LogP contribution in [0.15, 0.2) is 36.5 Å². The molecule has 0 aliphatic carbocycles. The summed E-state index contributed by atoms with van der Waals surface area (Å²) in [4.78, 5) is 18.2. The van der Waals surface area contributed by atoms with Gasteiger partial charge in [-0.25, -0.2) is 4.98 Å². The molecule has 2 heterocycles. The number of rotatable bonds is 3. The number of anilines is 2. The molecule has 0 bridgehead atoms. The van der Waals surface area contributed by atoms with Crippen LogP contribution in [-0.4, -0.2) is 28.9 Å². The maximum absolute atomic E-state index is 13.1. The SMILES string of the molecule is O=C(c1ccc(Nc2ccc(Cl)cc2C(F)(F)F)nc1)N1CCCCC1. The number of likely N-dealkylation sites (tertiary alicyclic amines) is 1. The van der Waals surface area contributed by atoms with E-state index in [1.807, 2.05) is 0 Å². The molecular formula is C18H17ClF3N3O. The van der Waals surface area contributed by atoms with E-state index in [4.69, 9.17) is 11.6 Å². The van der Waals surface area contributed by atoms with Gasteiger partial charge in [0.05, 0.1) is 16.8 Å². The average Bonchev–Trinajstić information content (AvgIpc) is 2.63. The van der Waals surface area contributed by atoms with Gasteiger partial charge in [-0.1, -0.05) is 11.6 Å². The Balaban J connectivity index is 1.77. The first-order valence-electron chi connectivity index (χ1n) is 8.24. The van der Waals surface area contributed by atoms with Gasteiger partial charge in [0.1, 0.15) is 5.82 Å². The second-order valence-electron chi connectivity index (χ2n) is 6.10. The van der Waals surface area contributed by atoms with E-state index in [1.54, 1.807) is 11.0 Å². The molecule has 2 aromatic rings. The second-order valence-corrected chi connectivity index (χ2v) is 6.53. The predicted molar refractivity (Wildman–Crippen MR) is 93.7 cm³/mol. The van der Waals surface area contributed by atoms with Crippen molar-refractivity contribution in [1.29, 1.82) is 0 Å². The number of amides is 1. The van der Waals surface area contributed by atoms with Crippen molar-refractivity contribution >= 4 is 29.0 Å². The molecule has 1 amide bonds. The summed E-state index contributed by atoms with van der Waals surface area (Å²) >= 11 is 5.67. The van der Waals surface area contributed by atoms with E-state index in [0.717, 1.165) is 38.4 Å². The third-order valence-corrected chi connectivity index (χ3v) is 4.44. The molecule has 0 saturated carbocycles. The molecule has 0 unspecified atom stereocenters. The van der Waals surface area contributed by atoms with Crippen LogP contribution in [0.25, 0.3) is 0 Å². The van der Waals surface area contributed by atoms with Gasteiger partial charge in [-0.05, 0) is 49.6 Å². The first-order chi connectivity index (χ1) is 12.3. The normalized spacial score (nSPS) is 15.0. The van der Waals surface area contributed by atoms with Crippen molar-refractivity contribution in [2.24, 2.45) is 0 Å². The number of carbonyl (C=O) groups excluding carboxylic acids is 1. The zero-order valence-corrected chi connectivity index (χ0v) is 14.6. The summed E-state index contributed by atoms with van der Waals surface area (Å²) in [6, 6.07) is 6.53. The van der Waals surface area contributed by atoms with Crippen molar-refractivity contribution in [1.82, 2.24) is 9.88 Å². The lowest BCUT2D eigenvalue weighted by atomic mass is 10.1. The number of alkyl halides is 3. The lowest BCUT2D eigenvalue weighted by Gasteiger charge is -2.26. The number of pyridine rings is 1. The Bertz CT molecular complexity index is 787. The van der Waals surface area contributed by atoms with E-state index in [9.17, 15) is 18.0 Å². The fourth-order valence-corrected chi connectivity index (χ4v) is 3.04. The van der Waals surface area contributed by atoms with Crippen LogP contribution in [0.1, 0.15) is 35.2 Å². The Labute approximate surface area is 154 Å². The standard InChI is InChI=1S/C18H17ClF3N3O/c19-13-5-6-15(14(10-13)18(20,21)22)24-16-7-4-12(11-23-16)17(26)25-8-2-1-3-9-25/h4-7,10-11H,1-3,8-9H2,(H,23,24). The van der Waals surface area contributed by atoms with Crippen LogP contribution >= 0.6 is 11.6 Å². The van der Waals surface area contributed by atoms with Gasteiger partial charge in [0.2, 0.25) is 0 Å². The maximum Gasteiger partial charge on any atom is 0.418 e. The van der Waals surface area contributed by atoms with Gasteiger partial charge in [0.25, 0.3) is 5.91 Å². The summed E-state index contributed by atoms with van der Waals surface area (Å²) in [5.74, 6) is 0.110. The highest BCUT2D eigenvalue weighted by molar-refractivity contribution is 6.30. The Morgan fingerprint density at radius 1 is 1.12 bits per heavy atom. The van der Waals surface area contributed by atoms with Crippen molar-refractivity contribution in [3.8, 4) is 0 Å². The molecule has 0 atom stereocenters. The minimum absolute atomic E-state index is 0.00156. The molecule has 3 rings (SSSR count). The number of nitrogens with one attached hydrogen (secondary N) is 1. The van der Waals surface area contributed by atoms with Crippen LogP contribution < -0.4 is 5.32 Å². The van der Waals surface area contributed by atoms with Crippen LogP contribution in [0.3, 0.4) is 0 Å². The number of piperidine rings is 1. The minimum atomic E-state index is -4.54. The smallest absolute Gasteiger partial charge is 0.340 e. The zero-order valence-electron chi connectivity index (χ0n) is 13.8. The van der Waals surface area contributed by atoms with E-state index in [2.05, 4.69) is 10.3 Å². The molecule has 1 aliphatic rings. The lowest BCUT2D eigenvalue weighted by molar-refractivity contribution is -0.136. The number of carbonyl (C=O) groups is 1. The topological polar surface area (TPSA) is 45.2 Å². The number of aromatic nitrogens is 1. The lowest BCUT2D eigenvalue weighted by Crippen LogP contribution is -2.35. The van der Waals surface area contributed by atoms with Gasteiger partial charge in [0.15, 0.2) is 0 Å². The number of hydrogen-bond donors (Lipinski definition) is 1. The summed E-state index contributed by atoms with van der Waals surface area (Å²) < 4.78 is 39.4. The van der Waals surface area contributed by atoms with Crippen molar-refractivity contribution in [3.05, 3.63) is 52.7 Å². The maximum atomic E-state index is 13.1. The van der Waals surface area contributed by atoms with Crippen molar-refractivity contribution in [3.63, 3.8) is 0 Å². The molecule has 138 valence electrons. The summed E-state index contributed by atoms with van der Waals surface area (Å²) in [7, 11) is 0. The van der Waals surface area contributed by atoms with Crippen molar-refractivity contribution in [2.75, 3.05) is 18.4 Å². The largest absolute Gasteiger partial charge is 0.418 e. The average molecular weight is 384 g/mol. The van der Waals surface area contributed by atoms with E-state index >= 15 is 0 Å². The van der Waals surface area contributed by atoms with Gasteiger partial charge >= 0.3 is 6.18 Å². The van der Waals surface area contributed by atoms with Crippen molar-refractivity contribution in [2.45, 2.75) is 25.4 Å². The Morgan fingerprint density at radius 3 is 2.46 bits per heavy atom.